The van der Waals surface area contributed by atoms with Crippen LogP contribution in [0.15, 0.2) is 88.4 Å². The summed E-state index contributed by atoms with van der Waals surface area (Å²) in [5.74, 6) is -0.840. The molecule has 1 amide bonds. The number of aliphatic hydroxyl groups excluding tert-OH is 2. The largest absolute Gasteiger partial charge is 0.455 e. The third kappa shape index (κ3) is 14.9. The van der Waals surface area contributed by atoms with E-state index in [1.54, 1.807) is 31.4 Å². The number of rotatable bonds is 6. The summed E-state index contributed by atoms with van der Waals surface area (Å²) in [6.45, 7) is 17.7. The van der Waals surface area contributed by atoms with E-state index in [4.69, 9.17) is 19.2 Å². The molecule has 51 heavy (non-hydrogen) atoms. The first-order valence-electron chi connectivity index (χ1n) is 17.7. The SMILES string of the molecule is CNC(=O)O[C@@H](CC(C)C)c1nc([C@H]2OC(=O)C/C=C\C(C)=C\[C@@H](O)[C@@H](C)\C=C(C)/C=C(C)\C=C/[C@@H](O)[C@H](C)[C@H](OC)/C(C)=C/C=C\[C@@H]2C)cs1. The van der Waals surface area contributed by atoms with Crippen LogP contribution in [0.2, 0.25) is 0 Å². The molecule has 3 N–H and O–H groups in total. The molecule has 2 rings (SSSR count). The lowest BCUT2D eigenvalue weighted by Gasteiger charge is -2.26. The molecule has 282 valence electrons. The molecule has 0 unspecified atom stereocenters. The van der Waals surface area contributed by atoms with Gasteiger partial charge in [0, 0.05) is 37.3 Å². The minimum Gasteiger partial charge on any atom is -0.455 e. The molecule has 8 atom stereocenters. The van der Waals surface area contributed by atoms with E-state index in [0.29, 0.717) is 17.1 Å². The van der Waals surface area contributed by atoms with Crippen LogP contribution in [0.5, 0.6) is 0 Å². The van der Waals surface area contributed by atoms with Gasteiger partial charge in [0.05, 0.1) is 30.4 Å². The van der Waals surface area contributed by atoms with Gasteiger partial charge in [-0.1, -0.05) is 112 Å². The monoisotopic (exact) mass is 724 g/mol. The van der Waals surface area contributed by atoms with Gasteiger partial charge in [-0.25, -0.2) is 9.78 Å². The van der Waals surface area contributed by atoms with Crippen LogP contribution in [-0.4, -0.2) is 59.7 Å². The molecule has 0 aromatic carbocycles. The normalized spacial score (nSPS) is 33.0. The molecule has 1 aromatic rings. The van der Waals surface area contributed by atoms with E-state index in [1.807, 2.05) is 104 Å². The number of hydrogen-bond donors (Lipinski definition) is 3. The van der Waals surface area contributed by atoms with Gasteiger partial charge in [0.2, 0.25) is 0 Å². The number of aromatic nitrogens is 1. The van der Waals surface area contributed by atoms with Crippen LogP contribution in [0.4, 0.5) is 4.79 Å². The summed E-state index contributed by atoms with van der Waals surface area (Å²) < 4.78 is 17.5. The van der Waals surface area contributed by atoms with Gasteiger partial charge in [-0.2, -0.15) is 0 Å². The lowest BCUT2D eigenvalue weighted by atomic mass is 9.91. The summed E-state index contributed by atoms with van der Waals surface area (Å²) in [6.07, 6.45) is 15.8. The molecule has 0 spiro atoms. The number of cyclic esters (lactones) is 1. The van der Waals surface area contributed by atoms with Crippen molar-refractivity contribution >= 4 is 23.4 Å². The third-order valence-corrected chi connectivity index (χ3v) is 9.60. The minimum absolute atomic E-state index is 0.0296. The number of nitrogens with one attached hydrogen (secondary N) is 1. The molecule has 2 heterocycles. The molecule has 1 aliphatic heterocycles. The van der Waals surface area contributed by atoms with Crippen molar-refractivity contribution in [2.45, 2.75) is 106 Å². The van der Waals surface area contributed by atoms with Crippen molar-refractivity contribution in [2.75, 3.05) is 14.2 Å². The zero-order valence-electron chi connectivity index (χ0n) is 32.3. The maximum absolute atomic E-state index is 13.2. The van der Waals surface area contributed by atoms with Crippen LogP contribution in [0, 0.1) is 23.7 Å². The highest BCUT2D eigenvalue weighted by Gasteiger charge is 2.28. The van der Waals surface area contributed by atoms with Gasteiger partial charge in [-0.3, -0.25) is 4.79 Å². The topological polar surface area (TPSA) is 127 Å². The molecular weight excluding hydrogens is 665 g/mol. The van der Waals surface area contributed by atoms with Crippen molar-refractivity contribution in [3.8, 4) is 0 Å². The van der Waals surface area contributed by atoms with Crippen molar-refractivity contribution in [2.24, 2.45) is 23.7 Å². The first-order chi connectivity index (χ1) is 24.1. The first-order valence-corrected chi connectivity index (χ1v) is 18.6. The Morgan fingerprint density at radius 2 is 1.73 bits per heavy atom. The average Bonchev–Trinajstić information content (AvgIpc) is 3.55. The molecule has 1 aliphatic rings. The van der Waals surface area contributed by atoms with Crippen LogP contribution in [0.25, 0.3) is 0 Å². The van der Waals surface area contributed by atoms with E-state index in [9.17, 15) is 19.8 Å². The van der Waals surface area contributed by atoms with Gasteiger partial charge in [0.25, 0.3) is 0 Å². The van der Waals surface area contributed by atoms with E-state index < -0.39 is 36.5 Å². The Morgan fingerprint density at radius 1 is 1.02 bits per heavy atom. The molecule has 10 heteroatoms. The number of nitrogens with zero attached hydrogens (tertiary/aromatic N) is 1. The fourth-order valence-corrected chi connectivity index (χ4v) is 6.69. The second-order valence-electron chi connectivity index (χ2n) is 14.0. The highest BCUT2D eigenvalue weighted by molar-refractivity contribution is 7.09. The lowest BCUT2D eigenvalue weighted by Crippen LogP contribution is -2.30. The Morgan fingerprint density at radius 3 is 2.37 bits per heavy atom. The van der Waals surface area contributed by atoms with Crippen molar-refractivity contribution < 1.29 is 34.0 Å². The number of carbonyl (C=O) groups excluding carboxylic acids is 2. The van der Waals surface area contributed by atoms with Gasteiger partial charge < -0.3 is 29.7 Å². The van der Waals surface area contributed by atoms with Crippen LogP contribution < -0.4 is 5.32 Å². The predicted octanol–water partition coefficient (Wildman–Crippen LogP) is 8.67. The summed E-state index contributed by atoms with van der Waals surface area (Å²) >= 11 is 1.37. The minimum atomic E-state index is -0.754. The highest BCUT2D eigenvalue weighted by atomic mass is 32.1. The molecule has 0 radical (unpaired) electrons. The van der Waals surface area contributed by atoms with Gasteiger partial charge >= 0.3 is 12.1 Å². The summed E-state index contributed by atoms with van der Waals surface area (Å²) in [5.41, 5.74) is 4.29. The maximum atomic E-state index is 13.2. The standard InChI is InChI=1S/C41H60N2O7S/c1-25(2)20-36(49-41(47)42-10)40-43-33(24-51-40)39-30(7)16-13-15-29(6)38(48-11)32(9)34(44)19-18-27(4)21-28(5)22-31(8)35(45)23-26(3)14-12-17-37(46)50-39/h12-16,18-19,21-25,30-32,34-36,38-39,44-45H,17,20H2,1-11H3,(H,42,47)/b14-12-,16-13-,19-18-,26-23+,27-21-,28-22-,29-15+/t30-,31-,32-,34+,35+,36-,38+,39-/m0/s1. The smallest absolute Gasteiger partial charge is 0.407 e. The van der Waals surface area contributed by atoms with Gasteiger partial charge in [0.1, 0.15) is 5.01 Å². The van der Waals surface area contributed by atoms with Crippen molar-refractivity contribution in [1.29, 1.82) is 0 Å². The van der Waals surface area contributed by atoms with Crippen LogP contribution in [0.1, 0.15) is 98.1 Å². The Hall–Kier alpha value is -3.57. The molecule has 0 saturated heterocycles. The summed E-state index contributed by atoms with van der Waals surface area (Å²) in [4.78, 5) is 30.2. The van der Waals surface area contributed by atoms with Crippen molar-refractivity contribution in [3.05, 3.63) is 99.1 Å². The second kappa shape index (κ2) is 21.7. The van der Waals surface area contributed by atoms with Crippen LogP contribution in [-0.2, 0) is 19.0 Å². The van der Waals surface area contributed by atoms with Crippen LogP contribution in [0.3, 0.4) is 0 Å². The van der Waals surface area contributed by atoms with Gasteiger partial charge in [-0.05, 0) is 45.6 Å². The third-order valence-electron chi connectivity index (χ3n) is 8.65. The average molecular weight is 725 g/mol. The van der Waals surface area contributed by atoms with E-state index >= 15 is 0 Å². The lowest BCUT2D eigenvalue weighted by molar-refractivity contribution is -0.150. The fraction of sp³-hybridized carbons (Fsp3) is 0.537. The number of carbonyl (C=O) groups is 2. The number of aliphatic hydroxyl groups is 2. The Balaban J connectivity index is 2.55. The molecule has 0 fully saturated rings. The quantitative estimate of drug-likeness (QED) is 0.249. The molecule has 1 aromatic heterocycles. The zero-order valence-corrected chi connectivity index (χ0v) is 33.1. The number of esters is 1. The number of ether oxygens (including phenoxy) is 3. The Kier molecular flexibility index (Phi) is 18.6. The number of amides is 1. The van der Waals surface area contributed by atoms with Crippen LogP contribution >= 0.6 is 11.3 Å². The van der Waals surface area contributed by atoms with E-state index in [0.717, 1.165) is 22.3 Å². The zero-order chi connectivity index (χ0) is 38.2. The van der Waals surface area contributed by atoms with Gasteiger partial charge in [-0.15, -0.1) is 11.3 Å². The molecule has 0 saturated carbocycles. The van der Waals surface area contributed by atoms with E-state index in [1.165, 1.54) is 18.4 Å². The highest BCUT2D eigenvalue weighted by Crippen LogP contribution is 2.34. The number of hydrogen-bond acceptors (Lipinski definition) is 9. The second-order valence-corrected chi connectivity index (χ2v) is 14.9. The summed E-state index contributed by atoms with van der Waals surface area (Å²) in [7, 11) is 3.15. The number of thiazole rings is 1. The van der Waals surface area contributed by atoms with Crippen molar-refractivity contribution in [3.63, 3.8) is 0 Å². The summed E-state index contributed by atoms with van der Waals surface area (Å²) in [6, 6.07) is 0. The van der Waals surface area contributed by atoms with E-state index in [-0.39, 0.29) is 36.2 Å². The molecule has 0 aliphatic carbocycles. The Bertz CT molecular complexity index is 1500. The predicted molar refractivity (Wildman–Crippen MR) is 206 cm³/mol. The number of methoxy groups -OCH3 is 1. The number of alkyl carbamates (subject to hydrolysis) is 1. The van der Waals surface area contributed by atoms with Crippen molar-refractivity contribution in [1.82, 2.24) is 10.3 Å². The molecule has 0 bridgehead atoms. The van der Waals surface area contributed by atoms with E-state index in [2.05, 4.69) is 5.32 Å². The summed E-state index contributed by atoms with van der Waals surface area (Å²) in [5, 5.41) is 26.9. The molecular formula is C41H60N2O7S. The Labute approximate surface area is 309 Å². The van der Waals surface area contributed by atoms with Gasteiger partial charge in [0.15, 0.2) is 12.2 Å². The maximum Gasteiger partial charge on any atom is 0.407 e. The first kappa shape index (κ1) is 43.6. The fourth-order valence-electron chi connectivity index (χ4n) is 5.81. The molecule has 9 nitrogen and oxygen atoms in total. The number of allylic oxidation sites excluding steroid dienone is 8.